The van der Waals surface area contributed by atoms with Gasteiger partial charge in [-0.05, 0) is 37.1 Å². The molecule has 2 unspecified atom stereocenters. The molecule has 1 saturated heterocycles. The van der Waals surface area contributed by atoms with E-state index in [1.165, 1.54) is 17.1 Å². The number of ether oxygens (including phenoxy) is 1. The molecule has 2 aliphatic rings. The van der Waals surface area contributed by atoms with Crippen LogP contribution in [0.2, 0.25) is 0 Å². The molecule has 4 heterocycles. The maximum atomic E-state index is 12.9. The Labute approximate surface area is 252 Å². The van der Waals surface area contributed by atoms with Crippen LogP contribution in [-0.2, 0) is 20.8 Å². The van der Waals surface area contributed by atoms with Crippen molar-refractivity contribution in [1.29, 1.82) is 0 Å². The summed E-state index contributed by atoms with van der Waals surface area (Å²) in [6.07, 6.45) is -2.12. The van der Waals surface area contributed by atoms with Crippen molar-refractivity contribution in [3.8, 4) is 5.95 Å². The Bertz CT molecular complexity index is 1820. The zero-order valence-corrected chi connectivity index (χ0v) is 24.0. The van der Waals surface area contributed by atoms with Gasteiger partial charge in [0.2, 0.25) is 0 Å². The molecule has 4 atom stereocenters. The number of aromatic nitrogens is 6. The number of carbonyl (C=O) groups excluding carboxylic acids is 1. The van der Waals surface area contributed by atoms with Crippen molar-refractivity contribution in [2.45, 2.75) is 67.3 Å². The van der Waals surface area contributed by atoms with Gasteiger partial charge in [0.1, 0.15) is 18.3 Å². The number of fused-ring (bicyclic) bond motifs is 1. The number of amides is 1. The number of nitrogens with one attached hydrogen (secondary N) is 2. The first kappa shape index (κ1) is 30.8. The van der Waals surface area contributed by atoms with Crippen molar-refractivity contribution in [2.75, 3.05) is 17.2 Å². The Kier molecular flexibility index (Phi) is 7.98. The van der Waals surface area contributed by atoms with Crippen molar-refractivity contribution in [3.63, 3.8) is 0 Å². The van der Waals surface area contributed by atoms with Gasteiger partial charge in [-0.2, -0.15) is 28.2 Å². The number of hydrogen-bond donors (Lipinski definition) is 5. The molecule has 19 heteroatoms. The largest absolute Gasteiger partial charge is 0.416 e. The number of benzene rings is 1. The Morgan fingerprint density at radius 1 is 1.09 bits per heavy atom. The number of rotatable bonds is 7. The average molecular weight is 653 g/mol. The summed E-state index contributed by atoms with van der Waals surface area (Å²) in [6, 6.07) is 2.61. The van der Waals surface area contributed by atoms with Gasteiger partial charge in [0.25, 0.3) is 15.8 Å². The molecule has 45 heavy (non-hydrogen) atoms. The molecule has 1 saturated carbocycles. The van der Waals surface area contributed by atoms with E-state index in [0.29, 0.717) is 35.6 Å². The van der Waals surface area contributed by atoms with Crippen molar-refractivity contribution >= 4 is 37.7 Å². The maximum Gasteiger partial charge on any atom is 0.416 e. The number of alkyl halides is 3. The first-order valence-electron chi connectivity index (χ1n) is 13.8. The lowest BCUT2D eigenvalue weighted by atomic mass is 10.1. The second-order valence-corrected chi connectivity index (χ2v) is 12.5. The van der Waals surface area contributed by atoms with E-state index in [9.17, 15) is 41.7 Å². The molecule has 5 N–H and O–H groups in total. The van der Waals surface area contributed by atoms with E-state index >= 15 is 0 Å². The number of aliphatic hydroxyl groups excluding tert-OH is 3. The third-order valence-electron chi connectivity index (χ3n) is 7.67. The summed E-state index contributed by atoms with van der Waals surface area (Å²) >= 11 is 0. The van der Waals surface area contributed by atoms with Gasteiger partial charge < -0.3 is 30.7 Å². The van der Waals surface area contributed by atoms with E-state index in [4.69, 9.17) is 4.74 Å². The SMILES string of the molecule is O=C(Nc1cnn(-c2nc(NC3CCCC3)c3ncn([C@@H]4O[C@H](CO)C(O)C4O)c3n2)c1)S(=O)(=O)c1ccc(C(F)(F)F)cc1. The molecule has 1 aromatic carbocycles. The number of sulfone groups is 1. The van der Waals surface area contributed by atoms with Gasteiger partial charge in [-0.25, -0.2) is 18.1 Å². The molecule has 0 bridgehead atoms. The number of anilines is 2. The van der Waals surface area contributed by atoms with Gasteiger partial charge in [0.15, 0.2) is 23.2 Å². The van der Waals surface area contributed by atoms with Gasteiger partial charge in [-0.1, -0.05) is 12.8 Å². The third-order valence-corrected chi connectivity index (χ3v) is 9.15. The van der Waals surface area contributed by atoms with Gasteiger partial charge in [0.05, 0.1) is 41.5 Å². The molecule has 1 amide bonds. The molecular weight excluding hydrogens is 625 g/mol. The van der Waals surface area contributed by atoms with E-state index < -0.39 is 62.9 Å². The highest BCUT2D eigenvalue weighted by atomic mass is 32.2. The highest BCUT2D eigenvalue weighted by Gasteiger charge is 2.44. The van der Waals surface area contributed by atoms with E-state index in [2.05, 4.69) is 30.7 Å². The summed E-state index contributed by atoms with van der Waals surface area (Å²) in [5, 5.41) is 38.6. The van der Waals surface area contributed by atoms with Crippen LogP contribution >= 0.6 is 0 Å². The van der Waals surface area contributed by atoms with Crippen molar-refractivity contribution in [3.05, 3.63) is 48.5 Å². The summed E-state index contributed by atoms with van der Waals surface area (Å²) in [7, 11) is -4.71. The van der Waals surface area contributed by atoms with Crippen LogP contribution < -0.4 is 10.6 Å². The predicted molar refractivity (Wildman–Crippen MR) is 149 cm³/mol. The van der Waals surface area contributed by atoms with E-state index in [1.807, 2.05) is 0 Å². The minimum absolute atomic E-state index is 0.0393. The summed E-state index contributed by atoms with van der Waals surface area (Å²) < 4.78 is 72.2. The normalized spacial score (nSPS) is 22.7. The van der Waals surface area contributed by atoms with Gasteiger partial charge >= 0.3 is 11.4 Å². The fourth-order valence-electron chi connectivity index (χ4n) is 5.28. The van der Waals surface area contributed by atoms with Gasteiger partial charge in [0, 0.05) is 6.04 Å². The molecule has 0 radical (unpaired) electrons. The predicted octanol–water partition coefficient (Wildman–Crippen LogP) is 2.00. The molecule has 0 spiro atoms. The number of halogens is 3. The molecule has 240 valence electrons. The summed E-state index contributed by atoms with van der Waals surface area (Å²) in [5.74, 6) is 0.293. The second-order valence-electron chi connectivity index (χ2n) is 10.7. The lowest BCUT2D eigenvalue weighted by Crippen LogP contribution is -2.33. The monoisotopic (exact) mass is 652 g/mol. The highest BCUT2D eigenvalue weighted by Crippen LogP contribution is 2.34. The molecule has 1 aliphatic heterocycles. The third kappa shape index (κ3) is 5.84. The molecule has 1 aliphatic carbocycles. The van der Waals surface area contributed by atoms with E-state index in [-0.39, 0.29) is 23.3 Å². The standard InChI is InChI=1S/C26H27F3N8O7S/c27-26(28,29)13-5-7-16(8-6-13)45(42,43)25(41)33-15-9-31-37(10-15)24-34-21(32-14-3-1-2-4-14)18-22(35-24)36(12-30-18)23-20(40)19(39)17(11-38)44-23/h5-10,12,14,17,19-20,23,38-40H,1-4,11H2,(H,33,41)(H,32,34,35)/t17-,19?,20?,23-/m1/s1. The molecule has 2 fully saturated rings. The average Bonchev–Trinajstić information content (AvgIpc) is 3.82. The lowest BCUT2D eigenvalue weighted by Gasteiger charge is -2.18. The number of carbonyl (C=O) groups is 1. The Morgan fingerprint density at radius 3 is 2.44 bits per heavy atom. The van der Waals surface area contributed by atoms with Crippen molar-refractivity contribution in [1.82, 2.24) is 29.3 Å². The fourth-order valence-corrected chi connectivity index (χ4v) is 6.24. The number of hydrogen-bond acceptors (Lipinski definition) is 12. The summed E-state index contributed by atoms with van der Waals surface area (Å²) in [5.41, 5.74) is -0.643. The van der Waals surface area contributed by atoms with E-state index in [1.54, 1.807) is 0 Å². The lowest BCUT2D eigenvalue weighted by molar-refractivity contribution is -0.137. The van der Waals surface area contributed by atoms with Crippen molar-refractivity contribution < 1.29 is 46.4 Å². The molecule has 3 aromatic heterocycles. The van der Waals surface area contributed by atoms with Gasteiger partial charge in [-0.3, -0.25) is 9.36 Å². The second kappa shape index (κ2) is 11.6. The summed E-state index contributed by atoms with van der Waals surface area (Å²) in [4.78, 5) is 25.5. The minimum Gasteiger partial charge on any atom is -0.394 e. The van der Waals surface area contributed by atoms with Crippen LogP contribution in [0.15, 0.2) is 47.9 Å². The maximum absolute atomic E-state index is 12.9. The van der Waals surface area contributed by atoms with E-state index in [0.717, 1.165) is 36.6 Å². The molecule has 15 nitrogen and oxygen atoms in total. The van der Waals surface area contributed by atoms with Crippen LogP contribution in [0.4, 0.5) is 29.5 Å². The zero-order chi connectivity index (χ0) is 32.1. The number of aliphatic hydroxyl groups is 3. The smallest absolute Gasteiger partial charge is 0.394 e. The minimum atomic E-state index is -4.71. The highest BCUT2D eigenvalue weighted by molar-refractivity contribution is 8.06. The zero-order valence-electron chi connectivity index (χ0n) is 23.2. The quantitative estimate of drug-likeness (QED) is 0.194. The van der Waals surface area contributed by atoms with Crippen LogP contribution in [-0.4, -0.2) is 89.2 Å². The first-order chi connectivity index (χ1) is 21.4. The Hall–Kier alpha value is -4.17. The van der Waals surface area contributed by atoms with Crippen LogP contribution in [0.1, 0.15) is 37.5 Å². The van der Waals surface area contributed by atoms with Gasteiger partial charge in [-0.15, -0.1) is 0 Å². The number of nitrogens with zero attached hydrogens (tertiary/aromatic N) is 6. The molecule has 4 aromatic rings. The van der Waals surface area contributed by atoms with Crippen LogP contribution in [0, 0.1) is 0 Å². The topological polar surface area (TPSA) is 207 Å². The molecule has 6 rings (SSSR count). The Morgan fingerprint density at radius 2 is 1.80 bits per heavy atom. The summed E-state index contributed by atoms with van der Waals surface area (Å²) in [6.45, 7) is -0.535. The fraction of sp³-hybridized carbons (Fsp3) is 0.423. The van der Waals surface area contributed by atoms with Crippen molar-refractivity contribution in [2.24, 2.45) is 0 Å². The number of imidazole rings is 1. The van der Waals surface area contributed by atoms with Crippen LogP contribution in [0.3, 0.4) is 0 Å². The molecular formula is C26H27F3N8O7S. The van der Waals surface area contributed by atoms with Crippen LogP contribution in [0.25, 0.3) is 17.1 Å². The first-order valence-corrected chi connectivity index (χ1v) is 15.3. The van der Waals surface area contributed by atoms with Crippen LogP contribution in [0.5, 0.6) is 0 Å². The Balaban J connectivity index is 1.30.